The summed E-state index contributed by atoms with van der Waals surface area (Å²) in [6, 6.07) is 4.59. The highest BCUT2D eigenvalue weighted by Crippen LogP contribution is 2.32. The van der Waals surface area contributed by atoms with Gasteiger partial charge < -0.3 is 14.7 Å². The Kier molecular flexibility index (Phi) is 6.10. The summed E-state index contributed by atoms with van der Waals surface area (Å²) in [6.45, 7) is 2.75. The van der Waals surface area contributed by atoms with Crippen LogP contribution in [0.25, 0.3) is 0 Å². The van der Waals surface area contributed by atoms with Crippen LogP contribution < -0.4 is 4.74 Å². The Labute approximate surface area is 127 Å². The molecule has 0 saturated carbocycles. The molecule has 1 aromatic carbocycles. The molecule has 0 unspecified atom stereocenters. The smallest absolute Gasteiger partial charge is 0.323 e. The topological polar surface area (TPSA) is 66.8 Å². The van der Waals surface area contributed by atoms with Gasteiger partial charge in [0, 0.05) is 6.04 Å². The van der Waals surface area contributed by atoms with Crippen molar-refractivity contribution in [3.05, 3.63) is 28.2 Å². The van der Waals surface area contributed by atoms with Crippen LogP contribution >= 0.6 is 23.2 Å². The molecular formula is C13H15Cl2NO4. The third-order valence-electron chi connectivity index (χ3n) is 2.51. The van der Waals surface area contributed by atoms with E-state index in [2.05, 4.69) is 0 Å². The zero-order chi connectivity index (χ0) is 15.3. The van der Waals surface area contributed by atoms with E-state index in [0.29, 0.717) is 10.0 Å². The molecule has 1 rings (SSSR count). The fourth-order valence-electron chi connectivity index (χ4n) is 1.54. The lowest BCUT2D eigenvalue weighted by molar-refractivity contribution is -0.146. The van der Waals surface area contributed by atoms with Gasteiger partial charge in [0.15, 0.2) is 12.4 Å². The van der Waals surface area contributed by atoms with Crippen LogP contribution in [0.5, 0.6) is 5.75 Å². The Morgan fingerprint density at radius 3 is 2.30 bits per heavy atom. The quantitative estimate of drug-likeness (QED) is 0.875. The van der Waals surface area contributed by atoms with Gasteiger partial charge in [-0.05, 0) is 26.0 Å². The van der Waals surface area contributed by atoms with E-state index in [9.17, 15) is 9.59 Å². The first kappa shape index (κ1) is 16.6. The number of carbonyl (C=O) groups excluding carboxylic acids is 1. The lowest BCUT2D eigenvalue weighted by atomic mass is 10.3. The van der Waals surface area contributed by atoms with Gasteiger partial charge in [0.05, 0.1) is 10.0 Å². The van der Waals surface area contributed by atoms with Gasteiger partial charge in [-0.2, -0.15) is 0 Å². The summed E-state index contributed by atoms with van der Waals surface area (Å²) in [5.74, 6) is -1.32. The van der Waals surface area contributed by atoms with Gasteiger partial charge in [-0.15, -0.1) is 0 Å². The van der Waals surface area contributed by atoms with E-state index < -0.39 is 11.9 Å². The van der Waals surface area contributed by atoms with E-state index in [1.807, 2.05) is 0 Å². The standard InChI is InChI=1S/C13H15Cl2NO4/c1-8(2)16(6-12(18)19)11(17)7-20-13-9(14)4-3-5-10(13)15/h3-5,8H,6-7H2,1-2H3,(H,18,19). The molecule has 5 nitrogen and oxygen atoms in total. The summed E-state index contributed by atoms with van der Waals surface area (Å²) in [4.78, 5) is 23.9. The molecule has 7 heteroatoms. The highest BCUT2D eigenvalue weighted by molar-refractivity contribution is 6.37. The molecule has 0 heterocycles. The van der Waals surface area contributed by atoms with E-state index in [1.54, 1.807) is 32.0 Å². The number of aliphatic carboxylic acids is 1. The Bertz CT molecular complexity index is 485. The number of nitrogens with zero attached hydrogens (tertiary/aromatic N) is 1. The number of benzene rings is 1. The van der Waals surface area contributed by atoms with Crippen LogP contribution in [0.2, 0.25) is 10.0 Å². The minimum Gasteiger partial charge on any atom is -0.481 e. The SMILES string of the molecule is CC(C)N(CC(=O)O)C(=O)COc1c(Cl)cccc1Cl. The lowest BCUT2D eigenvalue weighted by Gasteiger charge is -2.25. The van der Waals surface area contributed by atoms with Crippen molar-refractivity contribution in [1.82, 2.24) is 4.90 Å². The fourth-order valence-corrected chi connectivity index (χ4v) is 2.05. The maximum atomic E-state index is 12.0. The molecule has 20 heavy (non-hydrogen) atoms. The van der Waals surface area contributed by atoms with Crippen molar-refractivity contribution in [2.75, 3.05) is 13.2 Å². The minimum absolute atomic E-state index is 0.211. The molecule has 0 spiro atoms. The van der Waals surface area contributed by atoms with Crippen molar-refractivity contribution in [1.29, 1.82) is 0 Å². The zero-order valence-corrected chi connectivity index (χ0v) is 12.6. The number of halogens is 2. The molecule has 0 saturated heterocycles. The Balaban J connectivity index is 2.72. The minimum atomic E-state index is -1.08. The van der Waals surface area contributed by atoms with Crippen LogP contribution in [-0.2, 0) is 9.59 Å². The first-order valence-electron chi connectivity index (χ1n) is 5.91. The van der Waals surface area contributed by atoms with Crippen LogP contribution in [0.1, 0.15) is 13.8 Å². The summed E-state index contributed by atoms with van der Waals surface area (Å²) in [5.41, 5.74) is 0. The average molecular weight is 320 g/mol. The van der Waals surface area contributed by atoms with Gasteiger partial charge >= 0.3 is 5.97 Å². The van der Waals surface area contributed by atoms with Gasteiger partial charge in [-0.3, -0.25) is 9.59 Å². The van der Waals surface area contributed by atoms with Crippen molar-refractivity contribution in [2.24, 2.45) is 0 Å². The molecule has 0 radical (unpaired) electrons. The van der Waals surface area contributed by atoms with Crippen LogP contribution in [0.15, 0.2) is 18.2 Å². The fraction of sp³-hybridized carbons (Fsp3) is 0.385. The Hall–Kier alpha value is -1.46. The lowest BCUT2D eigenvalue weighted by Crippen LogP contribution is -2.43. The highest BCUT2D eigenvalue weighted by Gasteiger charge is 2.21. The van der Waals surface area contributed by atoms with E-state index in [1.165, 1.54) is 4.90 Å². The normalized spacial score (nSPS) is 10.4. The number of hydrogen-bond donors (Lipinski definition) is 1. The van der Waals surface area contributed by atoms with E-state index in [-0.39, 0.29) is 24.9 Å². The summed E-state index contributed by atoms with van der Waals surface area (Å²) in [7, 11) is 0. The zero-order valence-electron chi connectivity index (χ0n) is 11.1. The highest BCUT2D eigenvalue weighted by atomic mass is 35.5. The second-order valence-corrected chi connectivity index (χ2v) is 5.16. The molecule has 0 atom stereocenters. The maximum Gasteiger partial charge on any atom is 0.323 e. The van der Waals surface area contributed by atoms with Gasteiger partial charge in [0.1, 0.15) is 6.54 Å². The van der Waals surface area contributed by atoms with Crippen LogP contribution in [0.4, 0.5) is 0 Å². The summed E-state index contributed by atoms with van der Waals surface area (Å²) >= 11 is 11.8. The molecule has 1 aromatic rings. The number of carbonyl (C=O) groups is 2. The number of rotatable bonds is 6. The van der Waals surface area contributed by atoms with Gasteiger partial charge in [-0.25, -0.2) is 0 Å². The second kappa shape index (κ2) is 7.36. The molecule has 0 aliphatic rings. The number of carboxylic acid groups (broad SMARTS) is 1. The second-order valence-electron chi connectivity index (χ2n) is 4.35. The van der Waals surface area contributed by atoms with Crippen LogP contribution in [-0.4, -0.2) is 41.1 Å². The number of hydrogen-bond acceptors (Lipinski definition) is 3. The van der Waals surface area contributed by atoms with Crippen LogP contribution in [0.3, 0.4) is 0 Å². The van der Waals surface area contributed by atoms with Crippen molar-refractivity contribution >= 4 is 35.1 Å². The van der Waals surface area contributed by atoms with Crippen molar-refractivity contribution in [2.45, 2.75) is 19.9 Å². The monoisotopic (exact) mass is 319 g/mol. The number of para-hydroxylation sites is 1. The predicted molar refractivity (Wildman–Crippen MR) is 76.4 cm³/mol. The third kappa shape index (κ3) is 4.58. The first-order valence-corrected chi connectivity index (χ1v) is 6.66. The molecular weight excluding hydrogens is 305 g/mol. The van der Waals surface area contributed by atoms with Crippen molar-refractivity contribution < 1.29 is 19.4 Å². The van der Waals surface area contributed by atoms with Crippen molar-refractivity contribution in [3.63, 3.8) is 0 Å². The molecule has 0 bridgehead atoms. The number of ether oxygens (including phenoxy) is 1. The molecule has 1 N–H and O–H groups in total. The summed E-state index contributed by atoms with van der Waals surface area (Å²) in [5, 5.41) is 9.36. The van der Waals surface area contributed by atoms with Gasteiger partial charge in [0.25, 0.3) is 5.91 Å². The number of carboxylic acids is 1. The summed E-state index contributed by atoms with van der Waals surface area (Å²) in [6.07, 6.45) is 0. The molecule has 110 valence electrons. The average Bonchev–Trinajstić information content (AvgIpc) is 2.34. The predicted octanol–water partition coefficient (Wildman–Crippen LogP) is 2.69. The molecule has 0 aliphatic heterocycles. The van der Waals surface area contributed by atoms with E-state index in [4.69, 9.17) is 33.0 Å². The largest absolute Gasteiger partial charge is 0.481 e. The first-order chi connectivity index (χ1) is 9.32. The van der Waals surface area contributed by atoms with Gasteiger partial charge in [0.2, 0.25) is 0 Å². The summed E-state index contributed by atoms with van der Waals surface area (Å²) < 4.78 is 5.29. The van der Waals surface area contributed by atoms with E-state index in [0.717, 1.165) is 0 Å². The molecule has 0 aliphatic carbocycles. The Morgan fingerprint density at radius 1 is 1.30 bits per heavy atom. The molecule has 1 amide bonds. The van der Waals surface area contributed by atoms with Gasteiger partial charge in [-0.1, -0.05) is 29.3 Å². The number of amides is 1. The molecule has 0 fully saturated rings. The van der Waals surface area contributed by atoms with E-state index >= 15 is 0 Å². The maximum absolute atomic E-state index is 12.0. The molecule has 0 aromatic heterocycles. The third-order valence-corrected chi connectivity index (χ3v) is 3.10. The van der Waals surface area contributed by atoms with Crippen molar-refractivity contribution in [3.8, 4) is 5.75 Å². The Morgan fingerprint density at radius 2 is 1.85 bits per heavy atom. The van der Waals surface area contributed by atoms with Crippen LogP contribution in [0, 0.1) is 0 Å².